The van der Waals surface area contributed by atoms with Crippen molar-refractivity contribution in [1.29, 1.82) is 0 Å². The lowest BCUT2D eigenvalue weighted by atomic mass is 10.0. The zero-order valence-electron chi connectivity index (χ0n) is 13.4. The summed E-state index contributed by atoms with van der Waals surface area (Å²) in [6, 6.07) is 17.0. The maximum absolute atomic E-state index is 11.2. The van der Waals surface area contributed by atoms with Crippen LogP contribution in [0.1, 0.15) is 10.4 Å². The third-order valence-corrected chi connectivity index (χ3v) is 3.98. The van der Waals surface area contributed by atoms with Crippen molar-refractivity contribution in [1.82, 2.24) is 4.98 Å². The number of rotatable bonds is 4. The van der Waals surface area contributed by atoms with E-state index in [1.807, 2.05) is 48.5 Å². The Kier molecular flexibility index (Phi) is 4.04. The van der Waals surface area contributed by atoms with Gasteiger partial charge in [0.15, 0.2) is 17.8 Å². The molecule has 4 rings (SSSR count). The van der Waals surface area contributed by atoms with Gasteiger partial charge in [-0.1, -0.05) is 24.3 Å². The largest absolute Gasteiger partial charge is 0.486 e. The van der Waals surface area contributed by atoms with Crippen LogP contribution in [0.15, 0.2) is 60.8 Å². The van der Waals surface area contributed by atoms with E-state index in [4.69, 9.17) is 9.47 Å². The van der Waals surface area contributed by atoms with E-state index < -0.39 is 0 Å². The van der Waals surface area contributed by atoms with Crippen LogP contribution in [0.3, 0.4) is 0 Å². The summed E-state index contributed by atoms with van der Waals surface area (Å²) in [5, 5.41) is 3.25. The number of carbonyl (C=O) groups is 1. The van der Waals surface area contributed by atoms with Crippen LogP contribution in [0.2, 0.25) is 0 Å². The van der Waals surface area contributed by atoms with E-state index in [0.717, 1.165) is 34.6 Å². The van der Waals surface area contributed by atoms with Crippen molar-refractivity contribution in [2.45, 2.75) is 0 Å². The van der Waals surface area contributed by atoms with Crippen molar-refractivity contribution in [2.75, 3.05) is 18.5 Å². The summed E-state index contributed by atoms with van der Waals surface area (Å²) in [5.41, 5.74) is 3.29. The second-order valence-electron chi connectivity index (χ2n) is 5.62. The minimum absolute atomic E-state index is 0.555. The van der Waals surface area contributed by atoms with Crippen LogP contribution in [0, 0.1) is 0 Å². The van der Waals surface area contributed by atoms with Crippen molar-refractivity contribution in [3.8, 4) is 22.6 Å². The number of benzene rings is 2. The van der Waals surface area contributed by atoms with Crippen LogP contribution < -0.4 is 14.8 Å². The highest BCUT2D eigenvalue weighted by Crippen LogP contribution is 2.33. The lowest BCUT2D eigenvalue weighted by Gasteiger charge is -2.19. The van der Waals surface area contributed by atoms with Crippen LogP contribution in [0.4, 0.5) is 11.5 Å². The Labute approximate surface area is 145 Å². The van der Waals surface area contributed by atoms with Gasteiger partial charge in [0, 0.05) is 29.1 Å². The number of aromatic nitrogens is 1. The molecule has 1 aliphatic rings. The van der Waals surface area contributed by atoms with Gasteiger partial charge in [-0.15, -0.1) is 0 Å². The lowest BCUT2D eigenvalue weighted by Crippen LogP contribution is -2.15. The maximum atomic E-state index is 11.2. The van der Waals surface area contributed by atoms with Crippen LogP contribution in [0.25, 0.3) is 11.1 Å². The number of aldehydes is 1. The van der Waals surface area contributed by atoms with Crippen LogP contribution in [-0.2, 0) is 0 Å². The SMILES string of the molecule is O=Cc1ccccc1-c1ccc(Nc2ccc3c(c2)OCCO3)nc1. The molecule has 0 spiro atoms. The van der Waals surface area contributed by atoms with Gasteiger partial charge in [0.05, 0.1) is 0 Å². The van der Waals surface area contributed by atoms with Gasteiger partial charge in [0.2, 0.25) is 0 Å². The predicted molar refractivity (Wildman–Crippen MR) is 95.8 cm³/mol. The molecule has 0 fully saturated rings. The summed E-state index contributed by atoms with van der Waals surface area (Å²) in [6.45, 7) is 1.13. The van der Waals surface area contributed by atoms with E-state index in [9.17, 15) is 4.79 Å². The summed E-state index contributed by atoms with van der Waals surface area (Å²) in [7, 11) is 0. The number of pyridine rings is 1. The van der Waals surface area contributed by atoms with Gasteiger partial charge in [-0.25, -0.2) is 4.98 Å². The molecule has 3 aromatic rings. The lowest BCUT2D eigenvalue weighted by molar-refractivity contribution is 0.112. The van der Waals surface area contributed by atoms with E-state index in [1.54, 1.807) is 12.3 Å². The van der Waals surface area contributed by atoms with Crippen molar-refractivity contribution in [3.05, 3.63) is 66.4 Å². The first-order valence-corrected chi connectivity index (χ1v) is 8.01. The Morgan fingerprint density at radius 2 is 1.80 bits per heavy atom. The average Bonchev–Trinajstić information content (AvgIpc) is 2.68. The molecule has 5 heteroatoms. The molecule has 25 heavy (non-hydrogen) atoms. The first-order valence-electron chi connectivity index (χ1n) is 8.01. The van der Waals surface area contributed by atoms with Crippen molar-refractivity contribution in [3.63, 3.8) is 0 Å². The van der Waals surface area contributed by atoms with Gasteiger partial charge in [-0.2, -0.15) is 0 Å². The minimum Gasteiger partial charge on any atom is -0.486 e. The summed E-state index contributed by atoms with van der Waals surface area (Å²) in [6.07, 6.45) is 2.61. The predicted octanol–water partition coefficient (Wildman–Crippen LogP) is 4.08. The number of carbonyl (C=O) groups excluding carboxylic acids is 1. The summed E-state index contributed by atoms with van der Waals surface area (Å²) < 4.78 is 11.1. The molecule has 0 aliphatic carbocycles. The Hall–Kier alpha value is -3.34. The third-order valence-electron chi connectivity index (χ3n) is 3.98. The maximum Gasteiger partial charge on any atom is 0.163 e. The molecule has 0 atom stereocenters. The molecule has 0 amide bonds. The Morgan fingerprint density at radius 3 is 2.60 bits per heavy atom. The normalized spacial score (nSPS) is 12.5. The van der Waals surface area contributed by atoms with E-state index in [-0.39, 0.29) is 0 Å². The summed E-state index contributed by atoms with van der Waals surface area (Å²) in [4.78, 5) is 15.6. The van der Waals surface area contributed by atoms with E-state index in [1.165, 1.54) is 0 Å². The molecule has 0 bridgehead atoms. The van der Waals surface area contributed by atoms with E-state index >= 15 is 0 Å². The molecule has 0 radical (unpaired) electrons. The molecule has 2 aromatic carbocycles. The van der Waals surface area contributed by atoms with Gasteiger partial charge >= 0.3 is 0 Å². The monoisotopic (exact) mass is 332 g/mol. The molecular formula is C20H16N2O3. The zero-order chi connectivity index (χ0) is 17.1. The standard InChI is InChI=1S/C20H16N2O3/c23-13-15-3-1-2-4-17(15)14-5-8-20(21-12-14)22-16-6-7-18-19(11-16)25-10-9-24-18/h1-8,11-13H,9-10H2,(H,21,22). The van der Waals surface area contributed by atoms with E-state index in [2.05, 4.69) is 10.3 Å². The molecule has 2 heterocycles. The van der Waals surface area contributed by atoms with Crippen LogP contribution in [-0.4, -0.2) is 24.5 Å². The quantitative estimate of drug-likeness (QED) is 0.730. The van der Waals surface area contributed by atoms with Gasteiger partial charge in [0.1, 0.15) is 19.0 Å². The molecular weight excluding hydrogens is 316 g/mol. The molecule has 1 aliphatic heterocycles. The summed E-state index contributed by atoms with van der Waals surface area (Å²) in [5.74, 6) is 2.20. The van der Waals surface area contributed by atoms with Crippen LogP contribution in [0.5, 0.6) is 11.5 Å². The third kappa shape index (κ3) is 3.17. The topological polar surface area (TPSA) is 60.5 Å². The second-order valence-corrected chi connectivity index (χ2v) is 5.62. The highest BCUT2D eigenvalue weighted by molar-refractivity contribution is 5.87. The van der Waals surface area contributed by atoms with Gasteiger partial charge in [-0.05, 0) is 29.8 Å². The number of fused-ring (bicyclic) bond motifs is 1. The molecule has 0 saturated heterocycles. The number of nitrogens with zero attached hydrogens (tertiary/aromatic N) is 1. The number of hydrogen-bond donors (Lipinski definition) is 1. The van der Waals surface area contributed by atoms with Gasteiger partial charge < -0.3 is 14.8 Å². The Balaban J connectivity index is 1.55. The molecule has 1 aromatic heterocycles. The second kappa shape index (κ2) is 6.65. The Bertz CT molecular complexity index is 907. The zero-order valence-corrected chi connectivity index (χ0v) is 13.4. The number of nitrogens with one attached hydrogen (secondary N) is 1. The number of ether oxygens (including phenoxy) is 2. The van der Waals surface area contributed by atoms with Crippen molar-refractivity contribution in [2.24, 2.45) is 0 Å². The van der Waals surface area contributed by atoms with Gasteiger partial charge in [0.25, 0.3) is 0 Å². The smallest absolute Gasteiger partial charge is 0.163 e. The molecule has 0 unspecified atom stereocenters. The molecule has 0 saturated carbocycles. The van der Waals surface area contributed by atoms with E-state index in [0.29, 0.717) is 24.6 Å². The minimum atomic E-state index is 0.555. The first kappa shape index (κ1) is 15.2. The first-order chi connectivity index (χ1) is 12.3. The fourth-order valence-electron chi connectivity index (χ4n) is 2.76. The highest BCUT2D eigenvalue weighted by atomic mass is 16.6. The van der Waals surface area contributed by atoms with Crippen molar-refractivity contribution < 1.29 is 14.3 Å². The average molecular weight is 332 g/mol. The van der Waals surface area contributed by atoms with Gasteiger partial charge in [-0.3, -0.25) is 4.79 Å². The number of anilines is 2. The highest BCUT2D eigenvalue weighted by Gasteiger charge is 2.12. The fraction of sp³-hybridized carbons (Fsp3) is 0.100. The molecule has 1 N–H and O–H groups in total. The fourth-order valence-corrected chi connectivity index (χ4v) is 2.76. The van der Waals surface area contributed by atoms with Crippen LogP contribution >= 0.6 is 0 Å². The summed E-state index contributed by atoms with van der Waals surface area (Å²) >= 11 is 0. The number of hydrogen-bond acceptors (Lipinski definition) is 5. The molecule has 5 nitrogen and oxygen atoms in total. The molecule has 124 valence electrons. The Morgan fingerprint density at radius 1 is 0.960 bits per heavy atom. The van der Waals surface area contributed by atoms with Crippen molar-refractivity contribution >= 4 is 17.8 Å².